The number of likely N-dealkylation sites (tertiary alicyclic amines) is 2. The summed E-state index contributed by atoms with van der Waals surface area (Å²) in [6.45, 7) is 3.00. The molecule has 29 heavy (non-hydrogen) atoms. The van der Waals surface area contributed by atoms with Crippen LogP contribution in [-0.2, 0) is 0 Å². The van der Waals surface area contributed by atoms with E-state index in [0.29, 0.717) is 36.1 Å². The zero-order valence-electron chi connectivity index (χ0n) is 15.9. The molecule has 0 unspecified atom stereocenters. The summed E-state index contributed by atoms with van der Waals surface area (Å²) in [5, 5.41) is 5.90. The number of hydrogen-bond acceptors (Lipinski definition) is 7. The largest absolute Gasteiger partial charge is 0.339 e. The minimum atomic E-state index is -0.308. The fourth-order valence-corrected chi connectivity index (χ4v) is 5.09. The van der Waals surface area contributed by atoms with Gasteiger partial charge in [0.1, 0.15) is 11.5 Å². The smallest absolute Gasteiger partial charge is 0.273 e. The Bertz CT molecular complexity index is 1020. The van der Waals surface area contributed by atoms with Gasteiger partial charge in [-0.3, -0.25) is 4.79 Å². The average Bonchev–Trinajstić information content (AvgIpc) is 3.50. The minimum absolute atomic E-state index is 0.0447. The first-order valence-electron chi connectivity index (χ1n) is 9.50. The van der Waals surface area contributed by atoms with Gasteiger partial charge in [0.25, 0.3) is 5.91 Å². The molecule has 0 saturated carbocycles. The van der Waals surface area contributed by atoms with Gasteiger partial charge < -0.3 is 14.3 Å². The van der Waals surface area contributed by atoms with Crippen LogP contribution in [0.2, 0.25) is 0 Å². The number of carbonyl (C=O) groups is 1. The molecule has 1 spiro atoms. The van der Waals surface area contributed by atoms with Gasteiger partial charge >= 0.3 is 0 Å². The van der Waals surface area contributed by atoms with Crippen molar-refractivity contribution in [3.63, 3.8) is 0 Å². The maximum atomic E-state index is 13.2. The van der Waals surface area contributed by atoms with Crippen molar-refractivity contribution in [2.75, 3.05) is 33.2 Å². The summed E-state index contributed by atoms with van der Waals surface area (Å²) in [4.78, 5) is 25.9. The Morgan fingerprint density at radius 3 is 2.83 bits per heavy atom. The van der Waals surface area contributed by atoms with Crippen LogP contribution in [0.5, 0.6) is 0 Å². The second-order valence-electron chi connectivity index (χ2n) is 7.93. The molecule has 1 aromatic carbocycles. The van der Waals surface area contributed by atoms with Crippen LogP contribution in [0.4, 0.5) is 4.39 Å². The molecule has 2 aromatic heterocycles. The minimum Gasteiger partial charge on any atom is -0.339 e. The number of benzene rings is 1. The van der Waals surface area contributed by atoms with E-state index in [-0.39, 0.29) is 23.1 Å². The quantitative estimate of drug-likeness (QED) is 0.657. The van der Waals surface area contributed by atoms with Crippen molar-refractivity contribution in [2.45, 2.75) is 12.3 Å². The Balaban J connectivity index is 1.46. The average molecular weight is 413 g/mol. The van der Waals surface area contributed by atoms with Crippen molar-refractivity contribution in [2.24, 2.45) is 5.41 Å². The second-order valence-corrected chi connectivity index (χ2v) is 8.64. The van der Waals surface area contributed by atoms with Crippen LogP contribution >= 0.6 is 11.3 Å². The highest BCUT2D eigenvalue weighted by Gasteiger charge is 2.53. The number of nitrogens with zero attached hydrogens (tertiary/aromatic N) is 5. The number of rotatable bonds is 3. The van der Waals surface area contributed by atoms with Crippen LogP contribution in [0.3, 0.4) is 0 Å². The van der Waals surface area contributed by atoms with Gasteiger partial charge in [-0.1, -0.05) is 5.16 Å². The molecule has 2 aliphatic rings. The van der Waals surface area contributed by atoms with E-state index >= 15 is 0 Å². The van der Waals surface area contributed by atoms with E-state index in [1.807, 2.05) is 4.90 Å². The van der Waals surface area contributed by atoms with Crippen LogP contribution in [0.25, 0.3) is 11.4 Å². The maximum Gasteiger partial charge on any atom is 0.273 e. The number of carbonyl (C=O) groups excluding carboxylic acids is 1. The summed E-state index contributed by atoms with van der Waals surface area (Å²) >= 11 is 1.42. The van der Waals surface area contributed by atoms with E-state index in [0.717, 1.165) is 19.5 Å². The second kappa shape index (κ2) is 7.00. The SMILES string of the molecule is CN1CC[C@]2(C1)CN(C(=O)c1cscn1)C[C@H]2c1nc(-c2ccc(F)cc2)no1. The first-order chi connectivity index (χ1) is 14.0. The lowest BCUT2D eigenvalue weighted by atomic mass is 9.77. The summed E-state index contributed by atoms with van der Waals surface area (Å²) in [5.41, 5.74) is 2.74. The van der Waals surface area contributed by atoms with Crippen molar-refractivity contribution in [1.29, 1.82) is 0 Å². The summed E-state index contributed by atoms with van der Waals surface area (Å²) in [6, 6.07) is 6.02. The number of thiazole rings is 1. The maximum absolute atomic E-state index is 13.2. The fraction of sp³-hybridized carbons (Fsp3) is 0.400. The van der Waals surface area contributed by atoms with Gasteiger partial charge in [-0.05, 0) is 44.3 Å². The monoisotopic (exact) mass is 413 g/mol. The van der Waals surface area contributed by atoms with Gasteiger partial charge in [0, 0.05) is 36.0 Å². The third-order valence-corrected chi connectivity index (χ3v) is 6.59. The zero-order valence-corrected chi connectivity index (χ0v) is 16.7. The number of aromatic nitrogens is 3. The summed E-state index contributed by atoms with van der Waals surface area (Å²) in [6.07, 6.45) is 0.962. The van der Waals surface area contributed by atoms with E-state index in [1.54, 1.807) is 23.0 Å². The van der Waals surface area contributed by atoms with E-state index < -0.39 is 0 Å². The molecule has 3 aromatic rings. The molecule has 0 aliphatic carbocycles. The lowest BCUT2D eigenvalue weighted by Crippen LogP contribution is -2.34. The predicted octanol–water partition coefficient (Wildman–Crippen LogP) is 2.89. The molecular formula is C20H20FN5O2S. The van der Waals surface area contributed by atoms with Crippen molar-refractivity contribution in [3.8, 4) is 11.4 Å². The summed E-state index contributed by atoms with van der Waals surface area (Å²) in [7, 11) is 2.09. The molecule has 5 rings (SSSR count). The van der Waals surface area contributed by atoms with Crippen LogP contribution in [0.15, 0.2) is 39.7 Å². The molecule has 4 heterocycles. The van der Waals surface area contributed by atoms with Gasteiger partial charge in [-0.2, -0.15) is 4.98 Å². The Hall–Kier alpha value is -2.65. The molecular weight excluding hydrogens is 393 g/mol. The van der Waals surface area contributed by atoms with Crippen molar-refractivity contribution < 1.29 is 13.7 Å². The van der Waals surface area contributed by atoms with Crippen LogP contribution in [0.1, 0.15) is 28.7 Å². The molecule has 7 nitrogen and oxygen atoms in total. The van der Waals surface area contributed by atoms with E-state index in [2.05, 4.69) is 27.1 Å². The molecule has 2 fully saturated rings. The molecule has 0 N–H and O–H groups in total. The van der Waals surface area contributed by atoms with Crippen LogP contribution < -0.4 is 0 Å². The predicted molar refractivity (Wildman–Crippen MR) is 105 cm³/mol. The highest BCUT2D eigenvalue weighted by molar-refractivity contribution is 7.07. The Morgan fingerprint density at radius 2 is 2.14 bits per heavy atom. The summed E-state index contributed by atoms with van der Waals surface area (Å²) in [5.74, 6) is 0.564. The molecule has 2 saturated heterocycles. The molecule has 0 radical (unpaired) electrons. The zero-order chi connectivity index (χ0) is 20.0. The number of amides is 1. The first kappa shape index (κ1) is 18.4. The van der Waals surface area contributed by atoms with Gasteiger partial charge in [0.05, 0.1) is 11.4 Å². The molecule has 2 aliphatic heterocycles. The highest BCUT2D eigenvalue weighted by atomic mass is 32.1. The van der Waals surface area contributed by atoms with Crippen molar-refractivity contribution in [1.82, 2.24) is 24.9 Å². The van der Waals surface area contributed by atoms with Gasteiger partial charge in [-0.15, -0.1) is 11.3 Å². The standard InChI is InChI=1S/C20H20FN5O2S/c1-25-7-6-20(10-25)11-26(19(27)16-9-29-12-22-16)8-15(20)18-23-17(24-28-18)13-2-4-14(21)5-3-13/h2-5,9,12,15H,6-8,10-11H2,1H3/t15-,20-/m0/s1. The first-order valence-corrected chi connectivity index (χ1v) is 10.4. The highest BCUT2D eigenvalue weighted by Crippen LogP contribution is 2.48. The Kier molecular flexibility index (Phi) is 4.44. The van der Waals surface area contributed by atoms with Crippen molar-refractivity contribution >= 4 is 17.2 Å². The Labute approximate surface area is 171 Å². The van der Waals surface area contributed by atoms with Gasteiger partial charge in [0.15, 0.2) is 0 Å². The van der Waals surface area contributed by atoms with Crippen LogP contribution in [0, 0.1) is 11.2 Å². The molecule has 150 valence electrons. The van der Waals surface area contributed by atoms with E-state index in [4.69, 9.17) is 4.52 Å². The normalized spacial score (nSPS) is 24.6. The number of halogens is 1. The van der Waals surface area contributed by atoms with Gasteiger partial charge in [-0.25, -0.2) is 9.37 Å². The fourth-order valence-electron chi connectivity index (χ4n) is 4.56. The van der Waals surface area contributed by atoms with Crippen LogP contribution in [-0.4, -0.2) is 64.1 Å². The lowest BCUT2D eigenvalue weighted by Gasteiger charge is -2.27. The summed E-state index contributed by atoms with van der Waals surface area (Å²) < 4.78 is 18.9. The molecule has 1 amide bonds. The Morgan fingerprint density at radius 1 is 1.31 bits per heavy atom. The lowest BCUT2D eigenvalue weighted by molar-refractivity contribution is 0.0769. The number of hydrogen-bond donors (Lipinski definition) is 0. The third kappa shape index (κ3) is 3.24. The van der Waals surface area contributed by atoms with Gasteiger partial charge in [0.2, 0.25) is 11.7 Å². The van der Waals surface area contributed by atoms with Crippen molar-refractivity contribution in [3.05, 3.63) is 52.6 Å². The van der Waals surface area contributed by atoms with E-state index in [9.17, 15) is 9.18 Å². The molecule has 0 bridgehead atoms. The van der Waals surface area contributed by atoms with E-state index in [1.165, 1.54) is 23.5 Å². The topological polar surface area (TPSA) is 75.4 Å². The molecule has 9 heteroatoms. The third-order valence-electron chi connectivity index (χ3n) is 6.01. The molecule has 2 atom stereocenters.